The lowest BCUT2D eigenvalue weighted by atomic mass is 10.2. The van der Waals surface area contributed by atoms with Crippen molar-refractivity contribution in [3.05, 3.63) is 89.2 Å². The molecule has 3 rings (SSSR count). The summed E-state index contributed by atoms with van der Waals surface area (Å²) in [5.41, 5.74) is 0.176. The maximum absolute atomic E-state index is 13.6. The summed E-state index contributed by atoms with van der Waals surface area (Å²) < 4.78 is 45.3. The summed E-state index contributed by atoms with van der Waals surface area (Å²) in [5.74, 6) is -1.36. The lowest BCUT2D eigenvalue weighted by Crippen LogP contribution is -2.26. The number of hydrogen-bond acceptors (Lipinski definition) is 4. The van der Waals surface area contributed by atoms with Crippen molar-refractivity contribution in [2.45, 2.75) is 4.90 Å². The van der Waals surface area contributed by atoms with Crippen molar-refractivity contribution < 1.29 is 22.3 Å². The number of sulfonamides is 1. The van der Waals surface area contributed by atoms with E-state index in [2.05, 4.69) is 0 Å². The molecule has 0 bridgehead atoms. The molecule has 0 aliphatic rings. The van der Waals surface area contributed by atoms with E-state index in [9.17, 15) is 17.6 Å². The first-order chi connectivity index (χ1) is 13.3. The van der Waals surface area contributed by atoms with Gasteiger partial charge in [0.15, 0.2) is 0 Å². The lowest BCUT2D eigenvalue weighted by molar-refractivity contribution is 0.0730. The molecule has 0 aliphatic heterocycles. The minimum Gasteiger partial charge on any atom is -0.423 e. The van der Waals surface area contributed by atoms with Gasteiger partial charge in [-0.2, -0.15) is 0 Å². The molecule has 0 saturated carbocycles. The van der Waals surface area contributed by atoms with Crippen LogP contribution < -0.4 is 9.04 Å². The first-order valence-electron chi connectivity index (χ1n) is 8.10. The smallest absolute Gasteiger partial charge is 0.346 e. The van der Waals surface area contributed by atoms with E-state index in [1.807, 2.05) is 0 Å². The lowest BCUT2D eigenvalue weighted by Gasteiger charge is -2.19. The van der Waals surface area contributed by atoms with Crippen LogP contribution in [-0.2, 0) is 10.0 Å². The number of nitrogens with zero attached hydrogens (tertiary/aromatic N) is 1. The largest absolute Gasteiger partial charge is 0.423 e. The van der Waals surface area contributed by atoms with Gasteiger partial charge in [-0.1, -0.05) is 23.7 Å². The van der Waals surface area contributed by atoms with Gasteiger partial charge in [0.1, 0.15) is 11.6 Å². The van der Waals surface area contributed by atoms with Gasteiger partial charge < -0.3 is 4.74 Å². The SMILES string of the molecule is CN(c1ccc(OC(=O)c2ccccc2F)cc1)S(=O)(=O)c1ccc(Cl)cc1. The fourth-order valence-electron chi connectivity index (χ4n) is 2.42. The molecule has 0 amide bonds. The molecule has 28 heavy (non-hydrogen) atoms. The van der Waals surface area contributed by atoms with Crippen LogP contribution in [0.1, 0.15) is 10.4 Å². The van der Waals surface area contributed by atoms with Crippen LogP contribution in [0.3, 0.4) is 0 Å². The molecule has 0 spiro atoms. The Morgan fingerprint density at radius 2 is 1.57 bits per heavy atom. The number of anilines is 1. The summed E-state index contributed by atoms with van der Waals surface area (Å²) in [4.78, 5) is 12.1. The number of carbonyl (C=O) groups is 1. The van der Waals surface area contributed by atoms with Crippen LogP contribution in [0.2, 0.25) is 5.02 Å². The zero-order chi connectivity index (χ0) is 20.3. The monoisotopic (exact) mass is 419 g/mol. The number of halogens is 2. The molecule has 0 N–H and O–H groups in total. The molecule has 5 nitrogen and oxygen atoms in total. The molecule has 0 heterocycles. The second-order valence-electron chi connectivity index (χ2n) is 5.79. The third-order valence-electron chi connectivity index (χ3n) is 3.98. The first kappa shape index (κ1) is 19.9. The Labute approximate surface area is 167 Å². The third kappa shape index (κ3) is 4.16. The minimum atomic E-state index is -3.78. The Kier molecular flexibility index (Phi) is 5.67. The number of benzene rings is 3. The maximum Gasteiger partial charge on any atom is 0.346 e. The Bertz CT molecular complexity index is 1100. The van der Waals surface area contributed by atoms with Crippen molar-refractivity contribution in [1.29, 1.82) is 0 Å². The Morgan fingerprint density at radius 3 is 2.18 bits per heavy atom. The predicted molar refractivity (Wildman–Crippen MR) is 105 cm³/mol. The van der Waals surface area contributed by atoms with Crippen LogP contribution >= 0.6 is 11.6 Å². The molecule has 0 aromatic heterocycles. The Hall–Kier alpha value is -2.90. The highest BCUT2D eigenvalue weighted by Crippen LogP contribution is 2.25. The maximum atomic E-state index is 13.6. The highest BCUT2D eigenvalue weighted by Gasteiger charge is 2.21. The van der Waals surface area contributed by atoms with E-state index in [0.717, 1.165) is 10.4 Å². The van der Waals surface area contributed by atoms with Gasteiger partial charge in [-0.25, -0.2) is 17.6 Å². The van der Waals surface area contributed by atoms with Crippen molar-refractivity contribution in [3.8, 4) is 5.75 Å². The number of ether oxygens (including phenoxy) is 1. The molecular weight excluding hydrogens is 405 g/mol. The molecule has 0 radical (unpaired) electrons. The van der Waals surface area contributed by atoms with Gasteiger partial charge in [0.2, 0.25) is 0 Å². The molecule has 0 unspecified atom stereocenters. The number of esters is 1. The highest BCUT2D eigenvalue weighted by molar-refractivity contribution is 7.92. The van der Waals surface area contributed by atoms with Crippen LogP contribution in [-0.4, -0.2) is 21.4 Å². The standard InChI is InChI=1S/C20H15ClFNO4S/c1-23(28(25,26)17-12-6-14(21)7-13-17)15-8-10-16(11-9-15)27-20(24)18-4-2-3-5-19(18)22/h2-13H,1H3. The predicted octanol–water partition coefficient (Wildman–Crippen LogP) is 4.52. The van der Waals surface area contributed by atoms with Crippen LogP contribution in [0.15, 0.2) is 77.7 Å². The van der Waals surface area contributed by atoms with Crippen LogP contribution in [0.25, 0.3) is 0 Å². The van der Waals surface area contributed by atoms with Crippen LogP contribution in [0.4, 0.5) is 10.1 Å². The Morgan fingerprint density at radius 1 is 0.964 bits per heavy atom. The molecule has 144 valence electrons. The van der Waals surface area contributed by atoms with E-state index in [-0.39, 0.29) is 16.2 Å². The molecular formula is C20H15ClFNO4S. The second kappa shape index (κ2) is 8.00. The Balaban J connectivity index is 1.77. The zero-order valence-corrected chi connectivity index (χ0v) is 16.2. The summed E-state index contributed by atoms with van der Waals surface area (Å²) in [7, 11) is -2.37. The summed E-state index contributed by atoms with van der Waals surface area (Å²) in [6, 6.07) is 17.1. The normalized spacial score (nSPS) is 11.1. The minimum absolute atomic E-state index is 0.0921. The van der Waals surface area contributed by atoms with Crippen LogP contribution in [0, 0.1) is 5.82 Å². The van der Waals surface area contributed by atoms with Gasteiger partial charge in [0.25, 0.3) is 10.0 Å². The summed E-state index contributed by atoms with van der Waals surface area (Å²) in [6.07, 6.45) is 0. The molecule has 8 heteroatoms. The van der Waals surface area contributed by atoms with Crippen molar-refractivity contribution in [2.24, 2.45) is 0 Å². The van der Waals surface area contributed by atoms with Crippen molar-refractivity contribution >= 4 is 33.3 Å². The van der Waals surface area contributed by atoms with E-state index in [1.165, 1.54) is 73.8 Å². The molecule has 0 fully saturated rings. The fraction of sp³-hybridized carbons (Fsp3) is 0.0500. The number of carbonyl (C=O) groups excluding carboxylic acids is 1. The quantitative estimate of drug-likeness (QED) is 0.450. The second-order valence-corrected chi connectivity index (χ2v) is 8.20. The molecule has 3 aromatic carbocycles. The van der Waals surface area contributed by atoms with E-state index >= 15 is 0 Å². The van der Waals surface area contributed by atoms with Gasteiger partial charge >= 0.3 is 5.97 Å². The van der Waals surface area contributed by atoms with E-state index in [0.29, 0.717) is 10.7 Å². The fourth-order valence-corrected chi connectivity index (χ4v) is 3.74. The van der Waals surface area contributed by atoms with Gasteiger partial charge in [-0.3, -0.25) is 4.31 Å². The number of rotatable bonds is 5. The highest BCUT2D eigenvalue weighted by atomic mass is 35.5. The molecule has 0 aliphatic carbocycles. The zero-order valence-electron chi connectivity index (χ0n) is 14.7. The number of hydrogen-bond donors (Lipinski definition) is 0. The average Bonchev–Trinajstić information content (AvgIpc) is 2.68. The van der Waals surface area contributed by atoms with Gasteiger partial charge in [0.05, 0.1) is 16.1 Å². The van der Waals surface area contributed by atoms with Crippen LogP contribution in [0.5, 0.6) is 5.75 Å². The van der Waals surface area contributed by atoms with Gasteiger partial charge in [-0.05, 0) is 60.7 Å². The summed E-state index contributed by atoms with van der Waals surface area (Å²) >= 11 is 5.80. The van der Waals surface area contributed by atoms with E-state index in [1.54, 1.807) is 0 Å². The van der Waals surface area contributed by atoms with Gasteiger partial charge in [-0.15, -0.1) is 0 Å². The van der Waals surface area contributed by atoms with Gasteiger partial charge in [0, 0.05) is 12.1 Å². The third-order valence-corrected chi connectivity index (χ3v) is 6.03. The molecule has 0 atom stereocenters. The summed E-state index contributed by atoms with van der Waals surface area (Å²) in [5, 5.41) is 0.433. The van der Waals surface area contributed by atoms with Crippen molar-refractivity contribution in [1.82, 2.24) is 0 Å². The molecule has 3 aromatic rings. The topological polar surface area (TPSA) is 63.7 Å². The van der Waals surface area contributed by atoms with E-state index < -0.39 is 21.8 Å². The van der Waals surface area contributed by atoms with Crippen molar-refractivity contribution in [2.75, 3.05) is 11.4 Å². The molecule has 0 saturated heterocycles. The first-order valence-corrected chi connectivity index (χ1v) is 9.92. The van der Waals surface area contributed by atoms with E-state index in [4.69, 9.17) is 16.3 Å². The average molecular weight is 420 g/mol. The van der Waals surface area contributed by atoms with Crippen molar-refractivity contribution in [3.63, 3.8) is 0 Å². The summed E-state index contributed by atoms with van der Waals surface area (Å²) in [6.45, 7) is 0.